The van der Waals surface area contributed by atoms with Crippen LogP contribution in [0, 0.1) is 13.8 Å². The minimum Gasteiger partial charge on any atom is -0.497 e. The average molecular weight is 397 g/mol. The fraction of sp³-hybridized carbons (Fsp3) is 0.182. The van der Waals surface area contributed by atoms with Crippen molar-refractivity contribution in [1.29, 1.82) is 0 Å². The Morgan fingerprint density at radius 3 is 2.04 bits per heavy atom. The van der Waals surface area contributed by atoms with E-state index in [1.54, 1.807) is 57.4 Å². The summed E-state index contributed by atoms with van der Waals surface area (Å²) < 4.78 is 39.3. The second kappa shape index (κ2) is 8.35. The van der Waals surface area contributed by atoms with Crippen LogP contribution in [0.4, 0.5) is 5.69 Å². The van der Waals surface area contributed by atoms with Gasteiger partial charge in [0.05, 0.1) is 12.0 Å². The molecule has 0 aliphatic rings. The summed E-state index contributed by atoms with van der Waals surface area (Å²) in [7, 11) is -2.16. The molecule has 3 rings (SSSR count). The van der Waals surface area contributed by atoms with Crippen LogP contribution in [0.3, 0.4) is 0 Å². The number of anilines is 1. The second-order valence-corrected chi connectivity index (χ2v) is 8.11. The van der Waals surface area contributed by atoms with Crippen LogP contribution in [0.1, 0.15) is 16.7 Å². The Kier molecular flexibility index (Phi) is 5.90. The Balaban J connectivity index is 1.73. The molecule has 3 aromatic rings. The van der Waals surface area contributed by atoms with Crippen LogP contribution >= 0.6 is 0 Å². The van der Waals surface area contributed by atoms with Crippen LogP contribution in [0.2, 0.25) is 0 Å². The highest BCUT2D eigenvalue weighted by Crippen LogP contribution is 2.28. The van der Waals surface area contributed by atoms with Crippen LogP contribution in [0.5, 0.6) is 11.5 Å². The molecule has 0 aliphatic heterocycles. The van der Waals surface area contributed by atoms with Crippen molar-refractivity contribution in [3.8, 4) is 11.5 Å². The van der Waals surface area contributed by atoms with Gasteiger partial charge < -0.3 is 9.47 Å². The van der Waals surface area contributed by atoms with Crippen LogP contribution < -0.4 is 14.2 Å². The molecule has 0 spiro atoms. The quantitative estimate of drug-likeness (QED) is 0.628. The van der Waals surface area contributed by atoms with Crippen molar-refractivity contribution in [2.24, 2.45) is 0 Å². The first-order valence-corrected chi connectivity index (χ1v) is 10.3. The molecular formula is C22H23NO4S. The summed E-state index contributed by atoms with van der Waals surface area (Å²) in [6.07, 6.45) is 0. The lowest BCUT2D eigenvalue weighted by atomic mass is 10.1. The lowest BCUT2D eigenvalue weighted by Gasteiger charge is -2.14. The smallest absolute Gasteiger partial charge is 0.262 e. The summed E-state index contributed by atoms with van der Waals surface area (Å²) >= 11 is 0. The summed E-state index contributed by atoms with van der Waals surface area (Å²) in [5, 5.41) is 0. The number of methoxy groups -OCH3 is 1. The lowest BCUT2D eigenvalue weighted by molar-refractivity contribution is 0.306. The summed E-state index contributed by atoms with van der Waals surface area (Å²) in [5.74, 6) is 1.30. The maximum Gasteiger partial charge on any atom is 0.262 e. The van der Waals surface area contributed by atoms with Gasteiger partial charge in [0.25, 0.3) is 10.0 Å². The Bertz CT molecular complexity index is 1020. The number of aryl methyl sites for hydroxylation is 2. The van der Waals surface area contributed by atoms with E-state index in [1.165, 1.54) is 0 Å². The second-order valence-electron chi connectivity index (χ2n) is 6.49. The molecule has 0 amide bonds. The Hall–Kier alpha value is -2.99. The van der Waals surface area contributed by atoms with E-state index in [4.69, 9.17) is 9.47 Å². The molecule has 0 atom stereocenters. The van der Waals surface area contributed by atoms with E-state index < -0.39 is 10.0 Å². The molecule has 0 saturated carbocycles. The predicted octanol–water partition coefficient (Wildman–Crippen LogP) is 4.69. The van der Waals surface area contributed by atoms with Gasteiger partial charge in [-0.1, -0.05) is 30.3 Å². The van der Waals surface area contributed by atoms with Gasteiger partial charge in [-0.05, 0) is 66.9 Å². The van der Waals surface area contributed by atoms with E-state index in [0.29, 0.717) is 34.9 Å². The normalized spacial score (nSPS) is 11.1. The molecule has 6 heteroatoms. The highest BCUT2D eigenvalue weighted by Gasteiger charge is 2.20. The van der Waals surface area contributed by atoms with Gasteiger partial charge in [-0.15, -0.1) is 0 Å². The number of ether oxygens (including phenoxy) is 2. The van der Waals surface area contributed by atoms with Gasteiger partial charge in [0.2, 0.25) is 0 Å². The molecule has 28 heavy (non-hydrogen) atoms. The maximum absolute atomic E-state index is 12.9. The molecule has 0 aliphatic carbocycles. The van der Waals surface area contributed by atoms with Crippen LogP contribution in [0.15, 0.2) is 71.6 Å². The first-order chi connectivity index (χ1) is 13.4. The fourth-order valence-electron chi connectivity index (χ4n) is 3.02. The van der Waals surface area contributed by atoms with E-state index in [9.17, 15) is 8.42 Å². The third-order valence-corrected chi connectivity index (χ3v) is 5.98. The van der Waals surface area contributed by atoms with Gasteiger partial charge >= 0.3 is 0 Å². The summed E-state index contributed by atoms with van der Waals surface area (Å²) in [6, 6.07) is 20.1. The monoisotopic (exact) mass is 397 g/mol. The number of nitrogens with one attached hydrogen (secondary N) is 1. The molecule has 1 N–H and O–H groups in total. The van der Waals surface area contributed by atoms with Gasteiger partial charge in [0.15, 0.2) is 0 Å². The minimum absolute atomic E-state index is 0.262. The highest BCUT2D eigenvalue weighted by molar-refractivity contribution is 7.92. The van der Waals surface area contributed by atoms with E-state index in [0.717, 1.165) is 5.56 Å². The standard InChI is InChI=1S/C22H23NO4S/c1-16-13-21(26-3)14-17(2)22(16)28(24,25)23-19-9-11-20(12-10-19)27-15-18-7-5-4-6-8-18/h4-14,23H,15H2,1-3H3. The first kappa shape index (κ1) is 19.8. The Morgan fingerprint density at radius 1 is 0.857 bits per heavy atom. The zero-order valence-electron chi connectivity index (χ0n) is 16.1. The average Bonchev–Trinajstić information content (AvgIpc) is 2.67. The van der Waals surface area contributed by atoms with Crippen LogP contribution in [0.25, 0.3) is 0 Å². The minimum atomic E-state index is -3.71. The van der Waals surface area contributed by atoms with Crippen LogP contribution in [-0.2, 0) is 16.6 Å². The van der Waals surface area contributed by atoms with Gasteiger partial charge in [-0.2, -0.15) is 0 Å². The number of hydrogen-bond acceptors (Lipinski definition) is 4. The van der Waals surface area contributed by atoms with Gasteiger partial charge in [-0.25, -0.2) is 8.42 Å². The number of hydrogen-bond donors (Lipinski definition) is 1. The van der Waals surface area contributed by atoms with Crippen molar-refractivity contribution in [1.82, 2.24) is 0 Å². The Labute approximate surface area is 166 Å². The largest absolute Gasteiger partial charge is 0.497 e. The molecule has 0 saturated heterocycles. The van der Waals surface area contributed by atoms with Crippen molar-refractivity contribution >= 4 is 15.7 Å². The predicted molar refractivity (Wildman–Crippen MR) is 110 cm³/mol. The van der Waals surface area contributed by atoms with E-state index in [1.807, 2.05) is 30.3 Å². The summed E-state index contributed by atoms with van der Waals surface area (Å²) in [6.45, 7) is 3.96. The zero-order chi connectivity index (χ0) is 20.1. The molecule has 0 aromatic heterocycles. The topological polar surface area (TPSA) is 64.6 Å². The van der Waals surface area contributed by atoms with Gasteiger partial charge in [-0.3, -0.25) is 4.72 Å². The van der Waals surface area contributed by atoms with Crippen LogP contribution in [-0.4, -0.2) is 15.5 Å². The van der Waals surface area contributed by atoms with E-state index in [2.05, 4.69) is 4.72 Å². The maximum atomic E-state index is 12.9. The lowest BCUT2D eigenvalue weighted by Crippen LogP contribution is -2.15. The van der Waals surface area contributed by atoms with Crippen molar-refractivity contribution in [2.45, 2.75) is 25.3 Å². The number of benzene rings is 3. The zero-order valence-corrected chi connectivity index (χ0v) is 16.9. The molecule has 146 valence electrons. The molecule has 0 radical (unpaired) electrons. The summed E-state index contributed by atoms with van der Waals surface area (Å²) in [5.41, 5.74) is 2.80. The Morgan fingerprint density at radius 2 is 1.46 bits per heavy atom. The third-order valence-electron chi connectivity index (χ3n) is 4.29. The van der Waals surface area contributed by atoms with Crippen molar-refractivity contribution in [2.75, 3.05) is 11.8 Å². The number of rotatable bonds is 7. The van der Waals surface area contributed by atoms with Gasteiger partial charge in [0, 0.05) is 5.69 Å². The molecule has 0 fully saturated rings. The SMILES string of the molecule is COc1cc(C)c(S(=O)(=O)Nc2ccc(OCc3ccccc3)cc2)c(C)c1. The molecule has 0 bridgehead atoms. The third kappa shape index (κ3) is 4.64. The highest BCUT2D eigenvalue weighted by atomic mass is 32.2. The number of sulfonamides is 1. The molecule has 0 unspecified atom stereocenters. The molecule has 3 aromatic carbocycles. The molecule has 5 nitrogen and oxygen atoms in total. The van der Waals surface area contributed by atoms with Gasteiger partial charge in [0.1, 0.15) is 18.1 Å². The van der Waals surface area contributed by atoms with Crippen molar-refractivity contribution in [3.63, 3.8) is 0 Å². The summed E-state index contributed by atoms with van der Waals surface area (Å²) in [4.78, 5) is 0.262. The van der Waals surface area contributed by atoms with Crippen molar-refractivity contribution in [3.05, 3.63) is 83.4 Å². The van der Waals surface area contributed by atoms with E-state index >= 15 is 0 Å². The molecular weight excluding hydrogens is 374 g/mol. The molecule has 0 heterocycles. The first-order valence-electron chi connectivity index (χ1n) is 8.84. The van der Waals surface area contributed by atoms with Crippen molar-refractivity contribution < 1.29 is 17.9 Å². The van der Waals surface area contributed by atoms with E-state index in [-0.39, 0.29) is 4.90 Å². The fourth-order valence-corrected chi connectivity index (χ4v) is 4.53.